The van der Waals surface area contributed by atoms with Gasteiger partial charge in [0.1, 0.15) is 11.5 Å². The molecule has 1 atom stereocenters. The van der Waals surface area contributed by atoms with Crippen molar-refractivity contribution in [3.63, 3.8) is 0 Å². The maximum absolute atomic E-state index is 12.5. The molecule has 0 spiro atoms. The highest BCUT2D eigenvalue weighted by Crippen LogP contribution is 2.40. The van der Waals surface area contributed by atoms with E-state index >= 15 is 0 Å². The first-order valence-electron chi connectivity index (χ1n) is 5.63. The van der Waals surface area contributed by atoms with Crippen molar-refractivity contribution in [3.8, 4) is 11.5 Å². The van der Waals surface area contributed by atoms with E-state index < -0.39 is 18.7 Å². The number of rotatable bonds is 4. The molecule has 20 heavy (non-hydrogen) atoms. The molecular weight excluding hydrogens is 321 g/mol. The molecule has 0 N–H and O–H groups in total. The van der Waals surface area contributed by atoms with Gasteiger partial charge in [-0.15, -0.1) is 0 Å². The summed E-state index contributed by atoms with van der Waals surface area (Å²) < 4.78 is 43.4. The van der Waals surface area contributed by atoms with Crippen molar-refractivity contribution in [3.05, 3.63) is 23.8 Å². The summed E-state index contributed by atoms with van der Waals surface area (Å²) in [4.78, 5) is 0. The monoisotopic (exact) mass is 342 g/mol. The zero-order valence-corrected chi connectivity index (χ0v) is 15.4. The SMILES string of the molecule is CP(C)Oc1cc(OS(=O)(=O)F)ccc1C(C)(C)C.P. The Morgan fingerprint density at radius 2 is 1.75 bits per heavy atom. The fraction of sp³-hybridized carbons (Fsp3) is 0.500. The van der Waals surface area contributed by atoms with Crippen molar-refractivity contribution in [2.45, 2.75) is 26.2 Å². The van der Waals surface area contributed by atoms with Crippen molar-refractivity contribution in [2.75, 3.05) is 13.3 Å². The summed E-state index contributed by atoms with van der Waals surface area (Å²) in [7, 11) is -5.71. The Hall–Kier alpha value is -0.440. The molecule has 0 aromatic heterocycles. The minimum atomic E-state index is -5.02. The zero-order chi connectivity index (χ0) is 14.8. The van der Waals surface area contributed by atoms with Crippen LogP contribution in [0.4, 0.5) is 3.89 Å². The van der Waals surface area contributed by atoms with Crippen LogP contribution in [0.3, 0.4) is 0 Å². The molecule has 1 rings (SSSR count). The maximum Gasteiger partial charge on any atom is 0.488 e. The van der Waals surface area contributed by atoms with E-state index in [1.807, 2.05) is 34.1 Å². The Bertz CT molecular complexity index is 553. The van der Waals surface area contributed by atoms with Gasteiger partial charge in [-0.3, -0.25) is 0 Å². The van der Waals surface area contributed by atoms with Gasteiger partial charge in [-0.1, -0.05) is 30.7 Å². The average Bonchev–Trinajstić information content (AvgIpc) is 2.11. The van der Waals surface area contributed by atoms with Crippen LogP contribution in [-0.2, 0) is 15.9 Å². The molecule has 0 aliphatic rings. The number of hydrogen-bond donors (Lipinski definition) is 0. The Balaban J connectivity index is 0.00000361. The van der Waals surface area contributed by atoms with E-state index in [4.69, 9.17) is 4.52 Å². The highest BCUT2D eigenvalue weighted by atomic mass is 32.3. The largest absolute Gasteiger partial charge is 0.488 e. The fourth-order valence-electron chi connectivity index (χ4n) is 1.56. The summed E-state index contributed by atoms with van der Waals surface area (Å²) in [5.41, 5.74) is 0.737. The molecule has 1 aromatic carbocycles. The van der Waals surface area contributed by atoms with Crippen LogP contribution in [0.1, 0.15) is 26.3 Å². The standard InChI is InChI=1S/C12H18FO4PS.H3P/c1-12(2,3)10-7-6-9(17-19(13,14)15)8-11(10)16-18(4)5;/h6-8H,1-5H3;1H3. The Kier molecular flexibility index (Phi) is 6.86. The predicted molar refractivity (Wildman–Crippen MR) is 86.3 cm³/mol. The van der Waals surface area contributed by atoms with Gasteiger partial charge in [0, 0.05) is 11.6 Å². The molecule has 0 bridgehead atoms. The Morgan fingerprint density at radius 3 is 2.15 bits per heavy atom. The van der Waals surface area contributed by atoms with Crippen LogP contribution in [-0.4, -0.2) is 21.7 Å². The summed E-state index contributed by atoms with van der Waals surface area (Å²) >= 11 is 0. The Morgan fingerprint density at radius 1 is 1.20 bits per heavy atom. The lowest BCUT2D eigenvalue weighted by Gasteiger charge is -2.24. The average molecular weight is 342 g/mol. The van der Waals surface area contributed by atoms with Gasteiger partial charge in [-0.2, -0.15) is 18.3 Å². The van der Waals surface area contributed by atoms with Gasteiger partial charge < -0.3 is 8.71 Å². The summed E-state index contributed by atoms with van der Waals surface area (Å²) in [5, 5.41) is 0. The van der Waals surface area contributed by atoms with Crippen molar-refractivity contribution >= 4 is 28.6 Å². The third-order valence-corrected chi connectivity index (χ3v) is 3.19. The smallest absolute Gasteiger partial charge is 0.474 e. The van der Waals surface area contributed by atoms with E-state index in [9.17, 15) is 12.3 Å². The van der Waals surface area contributed by atoms with Crippen LogP contribution in [0.2, 0.25) is 0 Å². The van der Waals surface area contributed by atoms with E-state index in [1.54, 1.807) is 6.07 Å². The second-order valence-electron chi connectivity index (χ2n) is 5.29. The second kappa shape index (κ2) is 7.02. The van der Waals surface area contributed by atoms with E-state index in [1.165, 1.54) is 12.1 Å². The van der Waals surface area contributed by atoms with Crippen molar-refractivity contribution in [2.24, 2.45) is 0 Å². The lowest BCUT2D eigenvalue weighted by atomic mass is 9.86. The summed E-state index contributed by atoms with van der Waals surface area (Å²) in [6.45, 7) is 9.86. The quantitative estimate of drug-likeness (QED) is 0.619. The molecule has 8 heteroatoms. The van der Waals surface area contributed by atoms with Crippen LogP contribution in [0, 0.1) is 0 Å². The van der Waals surface area contributed by atoms with Gasteiger partial charge in [0.25, 0.3) is 0 Å². The van der Waals surface area contributed by atoms with Crippen LogP contribution in [0.5, 0.6) is 11.5 Å². The van der Waals surface area contributed by atoms with E-state index in [0.717, 1.165) is 5.56 Å². The molecule has 116 valence electrons. The topological polar surface area (TPSA) is 52.6 Å². The molecule has 0 aliphatic carbocycles. The van der Waals surface area contributed by atoms with Crippen molar-refractivity contribution in [1.29, 1.82) is 0 Å². The summed E-state index contributed by atoms with van der Waals surface area (Å²) in [5.74, 6) is 0.423. The third kappa shape index (κ3) is 6.34. The number of benzene rings is 1. The van der Waals surface area contributed by atoms with E-state index in [2.05, 4.69) is 4.18 Å². The first-order chi connectivity index (χ1) is 8.49. The highest BCUT2D eigenvalue weighted by Gasteiger charge is 2.21. The van der Waals surface area contributed by atoms with Gasteiger partial charge in [-0.25, -0.2) is 0 Å². The van der Waals surface area contributed by atoms with E-state index in [0.29, 0.717) is 5.75 Å². The van der Waals surface area contributed by atoms with Gasteiger partial charge in [-0.05, 0) is 24.8 Å². The Labute approximate surface area is 124 Å². The molecule has 0 saturated heterocycles. The third-order valence-electron chi connectivity index (χ3n) is 2.24. The molecule has 0 saturated carbocycles. The normalized spacial score (nSPS) is 11.9. The molecule has 0 aliphatic heterocycles. The lowest BCUT2D eigenvalue weighted by molar-refractivity contribution is 0.438. The molecule has 0 heterocycles. The van der Waals surface area contributed by atoms with Gasteiger partial charge in [0.05, 0.1) is 8.15 Å². The lowest BCUT2D eigenvalue weighted by Crippen LogP contribution is -2.13. The molecule has 4 nitrogen and oxygen atoms in total. The molecule has 0 amide bonds. The first-order valence-corrected chi connectivity index (χ1v) is 9.09. The number of halogens is 1. The molecule has 0 radical (unpaired) electrons. The van der Waals surface area contributed by atoms with Gasteiger partial charge in [0.15, 0.2) is 0 Å². The molecular formula is C12H21FO4P2S. The molecule has 1 aromatic rings. The van der Waals surface area contributed by atoms with Gasteiger partial charge >= 0.3 is 10.5 Å². The minimum Gasteiger partial charge on any atom is -0.474 e. The van der Waals surface area contributed by atoms with Gasteiger partial charge in [0.2, 0.25) is 0 Å². The number of hydrogen-bond acceptors (Lipinski definition) is 4. The first kappa shape index (κ1) is 19.6. The maximum atomic E-state index is 12.5. The second-order valence-corrected chi connectivity index (χ2v) is 8.05. The van der Waals surface area contributed by atoms with Crippen LogP contribution in [0.25, 0.3) is 0 Å². The fourth-order valence-corrected chi connectivity index (χ4v) is 2.44. The van der Waals surface area contributed by atoms with Crippen LogP contribution >= 0.6 is 18.0 Å². The highest BCUT2D eigenvalue weighted by molar-refractivity contribution is 7.81. The predicted octanol–water partition coefficient (Wildman–Crippen LogP) is 3.67. The van der Waals surface area contributed by atoms with Crippen LogP contribution < -0.4 is 8.71 Å². The van der Waals surface area contributed by atoms with E-state index in [-0.39, 0.29) is 21.1 Å². The zero-order valence-electron chi connectivity index (χ0n) is 12.3. The summed E-state index contributed by atoms with van der Waals surface area (Å²) in [6, 6.07) is 4.51. The summed E-state index contributed by atoms with van der Waals surface area (Å²) in [6.07, 6.45) is 0. The van der Waals surface area contributed by atoms with Crippen LogP contribution in [0.15, 0.2) is 18.2 Å². The molecule has 0 fully saturated rings. The van der Waals surface area contributed by atoms with Crippen molar-refractivity contribution in [1.82, 2.24) is 0 Å². The van der Waals surface area contributed by atoms with Crippen molar-refractivity contribution < 1.29 is 21.0 Å². The molecule has 1 unspecified atom stereocenters. The minimum absolute atomic E-state index is 0.